The molecule has 4 heteroatoms. The standard InChI is InChI=1S/C15H14N2O2/c18-13(7-6-12-4-2-1-3-5-12)10-15(19)14-11-16-8-9-17-14/h1-5,8-9,11H,6-7,10H2. The molecule has 2 rings (SSSR count). The molecule has 1 aromatic heterocycles. The minimum Gasteiger partial charge on any atom is -0.299 e. The number of rotatable bonds is 6. The molecule has 0 radical (unpaired) electrons. The maximum atomic E-state index is 11.7. The van der Waals surface area contributed by atoms with Crippen molar-refractivity contribution in [2.45, 2.75) is 19.3 Å². The number of benzene rings is 1. The van der Waals surface area contributed by atoms with Crippen molar-refractivity contribution >= 4 is 11.6 Å². The Bertz CT molecular complexity index is 553. The molecule has 0 aliphatic rings. The van der Waals surface area contributed by atoms with Gasteiger partial charge in [-0.15, -0.1) is 0 Å². The van der Waals surface area contributed by atoms with Crippen molar-refractivity contribution in [3.8, 4) is 0 Å². The fourth-order valence-corrected chi connectivity index (χ4v) is 1.73. The van der Waals surface area contributed by atoms with Gasteiger partial charge in [-0.2, -0.15) is 0 Å². The van der Waals surface area contributed by atoms with E-state index >= 15 is 0 Å². The van der Waals surface area contributed by atoms with Crippen LogP contribution in [0.2, 0.25) is 0 Å². The number of ketones is 2. The average Bonchev–Trinajstić information content (AvgIpc) is 2.47. The average molecular weight is 254 g/mol. The van der Waals surface area contributed by atoms with E-state index in [-0.39, 0.29) is 23.7 Å². The number of aromatic nitrogens is 2. The van der Waals surface area contributed by atoms with Crippen molar-refractivity contribution < 1.29 is 9.59 Å². The SMILES string of the molecule is O=C(CCc1ccccc1)CC(=O)c1cnccn1. The summed E-state index contributed by atoms with van der Waals surface area (Å²) in [6.45, 7) is 0. The Kier molecular flexibility index (Phi) is 4.50. The summed E-state index contributed by atoms with van der Waals surface area (Å²) in [6, 6.07) is 9.74. The highest BCUT2D eigenvalue weighted by Gasteiger charge is 2.12. The van der Waals surface area contributed by atoms with Gasteiger partial charge in [0.05, 0.1) is 12.6 Å². The van der Waals surface area contributed by atoms with Gasteiger partial charge < -0.3 is 0 Å². The van der Waals surface area contributed by atoms with Crippen LogP contribution in [0.1, 0.15) is 28.9 Å². The molecule has 1 aromatic carbocycles. The molecule has 19 heavy (non-hydrogen) atoms. The quantitative estimate of drug-likeness (QED) is 0.586. The zero-order valence-electron chi connectivity index (χ0n) is 10.5. The van der Waals surface area contributed by atoms with Crippen LogP contribution >= 0.6 is 0 Å². The molecule has 0 fully saturated rings. The summed E-state index contributed by atoms with van der Waals surface area (Å²) in [5.74, 6) is -0.342. The molecular formula is C15H14N2O2. The van der Waals surface area contributed by atoms with Gasteiger partial charge in [0.15, 0.2) is 5.78 Å². The van der Waals surface area contributed by atoms with E-state index < -0.39 is 0 Å². The number of nitrogens with zero attached hydrogens (tertiary/aromatic N) is 2. The molecule has 0 N–H and O–H groups in total. The smallest absolute Gasteiger partial charge is 0.190 e. The molecule has 4 nitrogen and oxygen atoms in total. The zero-order chi connectivity index (χ0) is 13.5. The molecule has 0 amide bonds. The van der Waals surface area contributed by atoms with Gasteiger partial charge in [-0.05, 0) is 12.0 Å². The van der Waals surface area contributed by atoms with Gasteiger partial charge in [-0.1, -0.05) is 30.3 Å². The predicted octanol–water partition coefficient (Wildman–Crippen LogP) is 2.25. The number of aryl methyl sites for hydroxylation is 1. The van der Waals surface area contributed by atoms with Crippen LogP contribution in [0, 0.1) is 0 Å². The number of Topliss-reactive ketones (excluding diaryl/α,β-unsaturated/α-hetero) is 2. The van der Waals surface area contributed by atoms with Crippen molar-refractivity contribution in [1.29, 1.82) is 0 Å². The van der Waals surface area contributed by atoms with E-state index in [1.165, 1.54) is 18.6 Å². The third kappa shape index (κ3) is 4.10. The Morgan fingerprint density at radius 1 is 1.05 bits per heavy atom. The second kappa shape index (κ2) is 6.54. The lowest BCUT2D eigenvalue weighted by molar-refractivity contribution is -0.118. The molecule has 1 heterocycles. The predicted molar refractivity (Wildman–Crippen MR) is 70.7 cm³/mol. The first-order valence-electron chi connectivity index (χ1n) is 6.10. The van der Waals surface area contributed by atoms with Crippen LogP contribution in [0.4, 0.5) is 0 Å². The third-order valence-corrected chi connectivity index (χ3v) is 2.74. The molecule has 0 saturated heterocycles. The number of hydrogen-bond donors (Lipinski definition) is 0. The Balaban J connectivity index is 1.83. The summed E-state index contributed by atoms with van der Waals surface area (Å²) in [6.07, 6.45) is 5.25. The zero-order valence-corrected chi connectivity index (χ0v) is 10.5. The highest BCUT2D eigenvalue weighted by Crippen LogP contribution is 2.06. The molecule has 0 aliphatic heterocycles. The van der Waals surface area contributed by atoms with Crippen LogP contribution in [0.5, 0.6) is 0 Å². The highest BCUT2D eigenvalue weighted by atomic mass is 16.1. The summed E-state index contributed by atoms with van der Waals surface area (Å²) in [4.78, 5) is 31.2. The lowest BCUT2D eigenvalue weighted by atomic mass is 10.0. The van der Waals surface area contributed by atoms with E-state index in [0.717, 1.165) is 5.56 Å². The van der Waals surface area contributed by atoms with Gasteiger partial charge in [0.25, 0.3) is 0 Å². The van der Waals surface area contributed by atoms with Crippen LogP contribution in [0.15, 0.2) is 48.9 Å². The summed E-state index contributed by atoms with van der Waals surface area (Å²) in [5, 5.41) is 0. The first kappa shape index (κ1) is 13.1. The lowest BCUT2D eigenvalue weighted by Gasteiger charge is -2.01. The summed E-state index contributed by atoms with van der Waals surface area (Å²) in [7, 11) is 0. The monoisotopic (exact) mass is 254 g/mol. The van der Waals surface area contributed by atoms with Crippen molar-refractivity contribution in [3.05, 3.63) is 60.2 Å². The lowest BCUT2D eigenvalue weighted by Crippen LogP contribution is -2.10. The fraction of sp³-hybridized carbons (Fsp3) is 0.200. The van der Waals surface area contributed by atoms with Gasteiger partial charge in [0, 0.05) is 18.8 Å². The Labute approximate surface area is 111 Å². The summed E-state index contributed by atoms with van der Waals surface area (Å²) < 4.78 is 0. The first-order chi connectivity index (χ1) is 9.25. The summed E-state index contributed by atoms with van der Waals surface area (Å²) in [5.41, 5.74) is 1.35. The fourth-order valence-electron chi connectivity index (χ4n) is 1.73. The van der Waals surface area contributed by atoms with Gasteiger partial charge in [-0.3, -0.25) is 14.6 Å². The topological polar surface area (TPSA) is 59.9 Å². The molecule has 0 saturated carbocycles. The number of carbonyl (C=O) groups excluding carboxylic acids is 2. The third-order valence-electron chi connectivity index (χ3n) is 2.74. The Morgan fingerprint density at radius 2 is 1.84 bits per heavy atom. The van der Waals surface area contributed by atoms with Crippen LogP contribution in [0.25, 0.3) is 0 Å². The van der Waals surface area contributed by atoms with Crippen LogP contribution in [-0.4, -0.2) is 21.5 Å². The largest absolute Gasteiger partial charge is 0.299 e. The Morgan fingerprint density at radius 3 is 2.53 bits per heavy atom. The molecule has 0 aliphatic carbocycles. The number of carbonyl (C=O) groups is 2. The molecule has 0 unspecified atom stereocenters. The second-order valence-corrected chi connectivity index (χ2v) is 4.21. The van der Waals surface area contributed by atoms with Crippen molar-refractivity contribution in [3.63, 3.8) is 0 Å². The van der Waals surface area contributed by atoms with Crippen molar-refractivity contribution in [2.75, 3.05) is 0 Å². The molecule has 0 bridgehead atoms. The molecular weight excluding hydrogens is 240 g/mol. The maximum Gasteiger partial charge on any atom is 0.190 e. The molecule has 0 atom stereocenters. The van der Waals surface area contributed by atoms with Gasteiger partial charge in [-0.25, -0.2) is 4.98 Å². The van der Waals surface area contributed by atoms with Gasteiger partial charge in [0.2, 0.25) is 0 Å². The number of hydrogen-bond acceptors (Lipinski definition) is 4. The van der Waals surface area contributed by atoms with Gasteiger partial charge >= 0.3 is 0 Å². The van der Waals surface area contributed by atoms with Gasteiger partial charge in [0.1, 0.15) is 11.5 Å². The Hall–Kier alpha value is -2.36. The first-order valence-corrected chi connectivity index (χ1v) is 6.10. The molecule has 96 valence electrons. The second-order valence-electron chi connectivity index (χ2n) is 4.21. The van der Waals surface area contributed by atoms with E-state index in [2.05, 4.69) is 9.97 Å². The minimum absolute atomic E-state index is 0.0699. The van der Waals surface area contributed by atoms with Crippen LogP contribution in [-0.2, 0) is 11.2 Å². The summed E-state index contributed by atoms with van der Waals surface area (Å²) >= 11 is 0. The van der Waals surface area contributed by atoms with Crippen LogP contribution < -0.4 is 0 Å². The van der Waals surface area contributed by atoms with Crippen molar-refractivity contribution in [1.82, 2.24) is 9.97 Å². The van der Waals surface area contributed by atoms with Crippen molar-refractivity contribution in [2.24, 2.45) is 0 Å². The maximum absolute atomic E-state index is 11.7. The molecule has 2 aromatic rings. The van der Waals surface area contributed by atoms with E-state index in [1.807, 2.05) is 30.3 Å². The highest BCUT2D eigenvalue weighted by molar-refractivity contribution is 6.06. The van der Waals surface area contributed by atoms with E-state index in [9.17, 15) is 9.59 Å². The molecule has 0 spiro atoms. The van der Waals surface area contributed by atoms with E-state index in [1.54, 1.807) is 0 Å². The normalized spacial score (nSPS) is 10.1. The van der Waals surface area contributed by atoms with E-state index in [0.29, 0.717) is 12.8 Å². The minimum atomic E-state index is -0.272. The van der Waals surface area contributed by atoms with E-state index in [4.69, 9.17) is 0 Å². The van der Waals surface area contributed by atoms with Crippen LogP contribution in [0.3, 0.4) is 0 Å².